The van der Waals surface area contributed by atoms with Crippen LogP contribution in [0.2, 0.25) is 0 Å². The van der Waals surface area contributed by atoms with Gasteiger partial charge in [-0.25, -0.2) is 9.41 Å². The number of nitrogens with zero attached hydrogens (tertiary/aromatic N) is 2. The molecule has 0 aliphatic carbocycles. The fraction of sp³-hybridized carbons (Fsp3) is 0.280. The van der Waals surface area contributed by atoms with E-state index in [9.17, 15) is 0 Å². The molecule has 2 heterocycles. The molecule has 0 saturated carbocycles. The van der Waals surface area contributed by atoms with Crippen LogP contribution in [0.5, 0.6) is 0 Å². The molecule has 3 heteroatoms. The van der Waals surface area contributed by atoms with E-state index < -0.39 is 6.37 Å². The summed E-state index contributed by atoms with van der Waals surface area (Å²) in [6, 6.07) is 11.1. The van der Waals surface area contributed by atoms with Gasteiger partial charge < -0.3 is 4.42 Å². The number of hydrogen-bond acceptors (Lipinski definition) is 1. The van der Waals surface area contributed by atoms with Crippen LogP contribution in [-0.4, -0.2) is 0 Å². The van der Waals surface area contributed by atoms with Gasteiger partial charge in [0.25, 0.3) is 0 Å². The second-order valence-electron chi connectivity index (χ2n) is 7.60. The van der Waals surface area contributed by atoms with Crippen LogP contribution >= 0.6 is 0 Å². The first-order chi connectivity index (χ1) is 14.6. The smallest absolute Gasteiger partial charge is 0.216 e. The van der Waals surface area contributed by atoms with Crippen LogP contribution in [0.25, 0.3) is 38.0 Å². The van der Waals surface area contributed by atoms with Crippen LogP contribution in [-0.2, 0) is 13.4 Å². The van der Waals surface area contributed by atoms with Crippen molar-refractivity contribution in [3.63, 3.8) is 0 Å². The molecule has 28 heavy (non-hydrogen) atoms. The van der Waals surface area contributed by atoms with Gasteiger partial charge in [-0.1, -0.05) is 26.0 Å². The Morgan fingerprint density at radius 2 is 1.89 bits per heavy atom. The standard InChI is InChI=1S/C25H25N2O/c1-15(2)11-18-9-10-27(6)22(13-18)23-16(3)7-8-20-21-14-19(26-5)12-17(4)24(21)28-25(20)23/h7-10,12-15H,11H2,1-4,6H3/q+1/i10D,11D2. The van der Waals surface area contributed by atoms with Gasteiger partial charge in [0.05, 0.1) is 12.1 Å². The van der Waals surface area contributed by atoms with Gasteiger partial charge in [-0.15, -0.1) is 0 Å². The predicted octanol–water partition coefficient (Wildman–Crippen LogP) is 6.44. The minimum absolute atomic E-state index is 0.231. The van der Waals surface area contributed by atoms with E-state index in [1.807, 2.05) is 65.1 Å². The van der Waals surface area contributed by atoms with E-state index in [1.165, 1.54) is 0 Å². The quantitative estimate of drug-likeness (QED) is 0.299. The number of furan rings is 1. The lowest BCUT2D eigenvalue weighted by Gasteiger charge is -2.09. The number of aryl methyl sites for hydroxylation is 2. The van der Waals surface area contributed by atoms with Gasteiger partial charge in [-0.05, 0) is 55.0 Å². The van der Waals surface area contributed by atoms with E-state index in [-0.39, 0.29) is 12.1 Å². The van der Waals surface area contributed by atoms with E-state index in [2.05, 4.69) is 4.85 Å². The second kappa shape index (κ2) is 6.80. The zero-order valence-corrected chi connectivity index (χ0v) is 16.8. The normalized spacial score (nSPS) is 13.5. The Hall–Kier alpha value is -3.12. The maximum absolute atomic E-state index is 8.55. The molecule has 0 atom stereocenters. The van der Waals surface area contributed by atoms with Crippen LogP contribution in [0.3, 0.4) is 0 Å². The first-order valence-electron chi connectivity index (χ1n) is 10.9. The molecule has 0 unspecified atom stereocenters. The van der Waals surface area contributed by atoms with Crippen molar-refractivity contribution in [2.24, 2.45) is 13.0 Å². The highest BCUT2D eigenvalue weighted by Gasteiger charge is 2.22. The van der Waals surface area contributed by atoms with Crippen molar-refractivity contribution in [3.05, 3.63) is 70.7 Å². The largest absolute Gasteiger partial charge is 0.455 e. The molecule has 4 aromatic rings. The monoisotopic (exact) mass is 372 g/mol. The Labute approximate surface area is 170 Å². The zero-order chi connectivity index (χ0) is 22.7. The molecule has 0 fully saturated rings. The highest BCUT2D eigenvalue weighted by atomic mass is 16.3. The van der Waals surface area contributed by atoms with Crippen LogP contribution < -0.4 is 4.57 Å². The summed E-state index contributed by atoms with van der Waals surface area (Å²) in [4.78, 5) is 3.58. The van der Waals surface area contributed by atoms with Crippen molar-refractivity contribution in [1.29, 1.82) is 0 Å². The lowest BCUT2D eigenvalue weighted by Crippen LogP contribution is -2.31. The number of fused-ring (bicyclic) bond motifs is 3. The van der Waals surface area contributed by atoms with E-state index in [0.29, 0.717) is 16.8 Å². The first kappa shape index (κ1) is 14.9. The predicted molar refractivity (Wildman–Crippen MR) is 115 cm³/mol. The Kier molecular flexibility index (Phi) is 3.61. The summed E-state index contributed by atoms with van der Waals surface area (Å²) < 4.78 is 33.7. The summed E-state index contributed by atoms with van der Waals surface area (Å²) in [5.74, 6) is -0.231. The van der Waals surface area contributed by atoms with Crippen LogP contribution in [0.4, 0.5) is 5.69 Å². The van der Waals surface area contributed by atoms with Crippen LogP contribution in [0, 0.1) is 26.3 Å². The molecular formula is C25H25N2O+. The van der Waals surface area contributed by atoms with E-state index in [0.717, 1.165) is 38.7 Å². The molecule has 3 nitrogen and oxygen atoms in total. The summed E-state index contributed by atoms with van der Waals surface area (Å²) in [7, 11) is 1.82. The van der Waals surface area contributed by atoms with Crippen LogP contribution in [0.15, 0.2) is 47.0 Å². The van der Waals surface area contributed by atoms with Crippen molar-refractivity contribution in [2.45, 2.75) is 34.1 Å². The lowest BCUT2D eigenvalue weighted by atomic mass is 9.97. The number of pyridine rings is 1. The van der Waals surface area contributed by atoms with Crippen LogP contribution in [0.1, 0.15) is 34.7 Å². The molecule has 0 aliphatic heterocycles. The summed E-state index contributed by atoms with van der Waals surface area (Å²) in [6.45, 7) is 15.0. The topological polar surface area (TPSA) is 21.4 Å². The molecule has 140 valence electrons. The highest BCUT2D eigenvalue weighted by molar-refractivity contribution is 6.11. The van der Waals surface area contributed by atoms with Gasteiger partial charge in [-0.3, -0.25) is 0 Å². The SMILES string of the molecule is [2H]c1cc(C([2H])([2H])C(C)C)cc(-c2c(C)ccc3c2oc2c(C)cc([N+]#[C-])cc23)[n+]1C. The molecular weight excluding hydrogens is 344 g/mol. The van der Waals surface area contributed by atoms with Gasteiger partial charge >= 0.3 is 0 Å². The Morgan fingerprint density at radius 3 is 2.61 bits per heavy atom. The minimum atomic E-state index is -1.56. The Bertz CT molecular complexity index is 1390. The molecule has 2 aromatic carbocycles. The molecule has 0 N–H and O–H groups in total. The molecule has 4 rings (SSSR count). The summed E-state index contributed by atoms with van der Waals surface area (Å²) in [5, 5.41) is 1.80. The third-order valence-corrected chi connectivity index (χ3v) is 5.03. The van der Waals surface area contributed by atoms with E-state index in [1.54, 1.807) is 10.6 Å². The average Bonchev–Trinajstić information content (AvgIpc) is 3.09. The van der Waals surface area contributed by atoms with Crippen molar-refractivity contribution in [3.8, 4) is 11.3 Å². The third-order valence-electron chi connectivity index (χ3n) is 5.03. The summed E-state index contributed by atoms with van der Waals surface area (Å²) >= 11 is 0. The number of hydrogen-bond donors (Lipinski definition) is 0. The molecule has 0 aliphatic rings. The van der Waals surface area contributed by atoms with Gasteiger partial charge in [-0.2, -0.15) is 0 Å². The fourth-order valence-corrected chi connectivity index (χ4v) is 3.75. The van der Waals surface area contributed by atoms with Crippen molar-refractivity contribution < 1.29 is 13.1 Å². The van der Waals surface area contributed by atoms with Crippen molar-refractivity contribution in [2.75, 3.05) is 0 Å². The number of rotatable bonds is 3. The molecule has 0 amide bonds. The summed E-state index contributed by atoms with van der Waals surface area (Å²) in [5.41, 5.74) is 5.95. The minimum Gasteiger partial charge on any atom is -0.455 e. The van der Waals surface area contributed by atoms with E-state index in [4.69, 9.17) is 15.1 Å². The maximum Gasteiger partial charge on any atom is 0.216 e. The first-order valence-corrected chi connectivity index (χ1v) is 9.41. The molecule has 0 saturated heterocycles. The molecule has 0 bridgehead atoms. The number of benzene rings is 2. The maximum atomic E-state index is 8.55. The van der Waals surface area contributed by atoms with E-state index >= 15 is 0 Å². The van der Waals surface area contributed by atoms with Gasteiger partial charge in [0, 0.05) is 25.6 Å². The molecule has 0 spiro atoms. The number of aromatic nitrogens is 1. The fourth-order valence-electron chi connectivity index (χ4n) is 3.75. The Balaban J connectivity index is 2.11. The van der Waals surface area contributed by atoms with Crippen molar-refractivity contribution in [1.82, 2.24) is 0 Å². The van der Waals surface area contributed by atoms with Gasteiger partial charge in [0.1, 0.15) is 19.6 Å². The molecule has 2 aromatic heterocycles. The average molecular weight is 373 g/mol. The van der Waals surface area contributed by atoms with Gasteiger partial charge in [0.2, 0.25) is 5.69 Å². The highest BCUT2D eigenvalue weighted by Crippen LogP contribution is 2.39. The lowest BCUT2D eigenvalue weighted by molar-refractivity contribution is -0.660. The van der Waals surface area contributed by atoms with Gasteiger partial charge in [0.15, 0.2) is 11.9 Å². The molecule has 0 radical (unpaired) electrons. The van der Waals surface area contributed by atoms with Crippen molar-refractivity contribution >= 4 is 27.6 Å². The third kappa shape index (κ3) is 2.96. The second-order valence-corrected chi connectivity index (χ2v) is 7.60. The zero-order valence-electron chi connectivity index (χ0n) is 19.8. The Morgan fingerprint density at radius 1 is 1.11 bits per heavy atom. The summed E-state index contributed by atoms with van der Waals surface area (Å²) in [6.07, 6.45) is -1.33.